The first-order chi connectivity index (χ1) is 12.5. The maximum atomic E-state index is 11.5. The lowest BCUT2D eigenvalue weighted by atomic mass is 10.1. The first-order valence-electron chi connectivity index (χ1n) is 8.49. The van der Waals surface area contributed by atoms with E-state index in [0.717, 1.165) is 39.6 Å². The Hall–Kier alpha value is -0.760. The number of hydrogen-bond donors (Lipinski definition) is 3. The molecule has 1 atom stereocenters. The number of halogens is 3. The molecule has 0 amide bonds. The highest BCUT2D eigenvalue weighted by Gasteiger charge is 2.05. The number of carbonyl (C=O) groups is 1. The maximum Gasteiger partial charge on any atom is 0.164 e. The molecule has 7 heteroatoms. The summed E-state index contributed by atoms with van der Waals surface area (Å²) in [6.07, 6.45) is 0.941. The second kappa shape index (κ2) is 15.2. The number of ketones is 1. The molecular formula is C20H27Br2ClN2O2. The number of rotatable bonds is 8. The normalized spacial score (nSPS) is 11.0. The van der Waals surface area contributed by atoms with Crippen LogP contribution in [0.4, 0.5) is 0 Å². The van der Waals surface area contributed by atoms with Crippen LogP contribution >= 0.6 is 44.3 Å². The number of benzene rings is 2. The third-order valence-corrected chi connectivity index (χ3v) is 4.75. The van der Waals surface area contributed by atoms with E-state index in [2.05, 4.69) is 42.5 Å². The van der Waals surface area contributed by atoms with Crippen molar-refractivity contribution in [1.29, 1.82) is 0 Å². The summed E-state index contributed by atoms with van der Waals surface area (Å²) in [5, 5.41) is 15.6. The van der Waals surface area contributed by atoms with Gasteiger partial charge in [-0.05, 0) is 56.9 Å². The molecule has 2 aromatic rings. The molecule has 150 valence electrons. The zero-order chi connectivity index (χ0) is 19.4. The highest BCUT2D eigenvalue weighted by molar-refractivity contribution is 9.10. The Balaban J connectivity index is 0.000000483. The van der Waals surface area contributed by atoms with E-state index in [1.165, 1.54) is 0 Å². The van der Waals surface area contributed by atoms with Crippen molar-refractivity contribution in [3.8, 4) is 0 Å². The van der Waals surface area contributed by atoms with Crippen molar-refractivity contribution >= 4 is 50.1 Å². The molecule has 0 radical (unpaired) electrons. The van der Waals surface area contributed by atoms with E-state index in [1.54, 1.807) is 0 Å². The molecule has 3 N–H and O–H groups in total. The number of Topliss-reactive ketones (excluding diaryl/α,β-unsaturated/α-hetero) is 1. The minimum atomic E-state index is -0.361. The Morgan fingerprint density at radius 1 is 0.926 bits per heavy atom. The summed E-state index contributed by atoms with van der Waals surface area (Å²) in [6.45, 7) is 1.56. The van der Waals surface area contributed by atoms with Crippen LogP contribution < -0.4 is 10.6 Å². The fourth-order valence-electron chi connectivity index (χ4n) is 2.15. The van der Waals surface area contributed by atoms with E-state index in [1.807, 2.05) is 62.6 Å². The minimum Gasteiger partial charge on any atom is -0.388 e. The Morgan fingerprint density at radius 2 is 1.41 bits per heavy atom. The summed E-state index contributed by atoms with van der Waals surface area (Å²) in [6, 6.07) is 15.2. The third-order valence-electron chi connectivity index (χ3n) is 3.69. The molecule has 0 saturated carbocycles. The number of carbonyl (C=O) groups excluding carboxylic acids is 1. The number of hydrogen-bond acceptors (Lipinski definition) is 4. The molecule has 0 heterocycles. The zero-order valence-electron chi connectivity index (χ0n) is 15.5. The Bertz CT molecular complexity index is 652. The van der Waals surface area contributed by atoms with Crippen molar-refractivity contribution < 1.29 is 9.90 Å². The summed E-state index contributed by atoms with van der Waals surface area (Å²) in [5.41, 5.74) is 1.75. The van der Waals surface area contributed by atoms with Gasteiger partial charge in [0.1, 0.15) is 0 Å². The molecule has 2 rings (SSSR count). The van der Waals surface area contributed by atoms with E-state index in [-0.39, 0.29) is 24.3 Å². The maximum absolute atomic E-state index is 11.5. The van der Waals surface area contributed by atoms with Crippen molar-refractivity contribution in [2.45, 2.75) is 18.9 Å². The summed E-state index contributed by atoms with van der Waals surface area (Å²) < 4.78 is 2.04. The lowest BCUT2D eigenvalue weighted by molar-refractivity contribution is 0.0983. The van der Waals surface area contributed by atoms with Gasteiger partial charge in [-0.1, -0.05) is 56.1 Å². The molecule has 0 aliphatic heterocycles. The lowest BCUT2D eigenvalue weighted by Crippen LogP contribution is -2.12. The molecule has 0 fully saturated rings. The van der Waals surface area contributed by atoms with Crippen LogP contribution in [0.3, 0.4) is 0 Å². The second-order valence-corrected chi connectivity index (χ2v) is 7.57. The lowest BCUT2D eigenvalue weighted by Gasteiger charge is -2.10. The summed E-state index contributed by atoms with van der Waals surface area (Å²) in [5.74, 6) is 0.182. The van der Waals surface area contributed by atoms with Crippen LogP contribution in [0.15, 0.2) is 57.5 Å². The van der Waals surface area contributed by atoms with Gasteiger partial charge in [0.15, 0.2) is 5.78 Å². The van der Waals surface area contributed by atoms with Crippen molar-refractivity contribution in [3.05, 3.63) is 68.6 Å². The summed E-state index contributed by atoms with van der Waals surface area (Å²) in [4.78, 5) is 11.5. The largest absolute Gasteiger partial charge is 0.388 e. The average molecular weight is 523 g/mol. The van der Waals surface area contributed by atoms with Crippen LogP contribution in [0, 0.1) is 0 Å². The van der Waals surface area contributed by atoms with Gasteiger partial charge in [0, 0.05) is 27.5 Å². The van der Waals surface area contributed by atoms with Crippen LogP contribution in [-0.4, -0.2) is 38.1 Å². The predicted octanol–water partition coefficient (Wildman–Crippen LogP) is 4.76. The van der Waals surface area contributed by atoms with Gasteiger partial charge in [0.2, 0.25) is 0 Å². The fraction of sp³-hybridized carbons (Fsp3) is 0.350. The SMILES string of the molecule is CNCCC(=O)c1ccc(Br)cc1.CNCC[C@@H](O)c1ccc(Br)cc1.Cl. The number of nitrogens with one attached hydrogen (secondary N) is 2. The van der Waals surface area contributed by atoms with E-state index >= 15 is 0 Å². The van der Waals surface area contributed by atoms with Gasteiger partial charge in [-0.25, -0.2) is 0 Å². The average Bonchev–Trinajstić information content (AvgIpc) is 2.66. The number of aliphatic hydroxyl groups excluding tert-OH is 1. The highest BCUT2D eigenvalue weighted by atomic mass is 79.9. The molecule has 0 aromatic heterocycles. The van der Waals surface area contributed by atoms with E-state index < -0.39 is 0 Å². The molecular weight excluding hydrogens is 495 g/mol. The summed E-state index contributed by atoms with van der Waals surface area (Å²) >= 11 is 6.68. The van der Waals surface area contributed by atoms with Gasteiger partial charge in [-0.15, -0.1) is 12.4 Å². The quantitative estimate of drug-likeness (QED) is 0.438. The first kappa shape index (κ1) is 26.2. The van der Waals surface area contributed by atoms with Gasteiger partial charge in [-0.3, -0.25) is 4.79 Å². The second-order valence-electron chi connectivity index (χ2n) is 5.74. The van der Waals surface area contributed by atoms with Gasteiger partial charge in [0.05, 0.1) is 6.10 Å². The van der Waals surface area contributed by atoms with Gasteiger partial charge >= 0.3 is 0 Å². The third kappa shape index (κ3) is 11.0. The molecule has 0 bridgehead atoms. The van der Waals surface area contributed by atoms with Gasteiger partial charge in [0.25, 0.3) is 0 Å². The zero-order valence-corrected chi connectivity index (χ0v) is 19.5. The monoisotopic (exact) mass is 520 g/mol. The molecule has 0 aliphatic rings. The Morgan fingerprint density at radius 3 is 1.89 bits per heavy atom. The molecule has 0 aliphatic carbocycles. The van der Waals surface area contributed by atoms with Crippen molar-refractivity contribution in [3.63, 3.8) is 0 Å². The molecule has 0 saturated heterocycles. The van der Waals surface area contributed by atoms with E-state index in [9.17, 15) is 9.90 Å². The van der Waals surface area contributed by atoms with Crippen LogP contribution in [0.5, 0.6) is 0 Å². The minimum absolute atomic E-state index is 0. The molecule has 27 heavy (non-hydrogen) atoms. The first-order valence-corrected chi connectivity index (χ1v) is 10.1. The van der Waals surface area contributed by atoms with Crippen molar-refractivity contribution in [1.82, 2.24) is 10.6 Å². The van der Waals surface area contributed by atoms with Crippen molar-refractivity contribution in [2.75, 3.05) is 27.2 Å². The number of aliphatic hydroxyl groups is 1. The van der Waals surface area contributed by atoms with Crippen LogP contribution in [0.25, 0.3) is 0 Å². The highest BCUT2D eigenvalue weighted by Crippen LogP contribution is 2.18. The smallest absolute Gasteiger partial charge is 0.164 e. The van der Waals surface area contributed by atoms with Crippen LogP contribution in [0.1, 0.15) is 34.9 Å². The topological polar surface area (TPSA) is 61.4 Å². The molecule has 2 aromatic carbocycles. The summed E-state index contributed by atoms with van der Waals surface area (Å²) in [7, 11) is 3.73. The van der Waals surface area contributed by atoms with E-state index in [4.69, 9.17) is 0 Å². The predicted molar refractivity (Wildman–Crippen MR) is 122 cm³/mol. The molecule has 0 spiro atoms. The van der Waals surface area contributed by atoms with Gasteiger partial charge < -0.3 is 15.7 Å². The van der Waals surface area contributed by atoms with Gasteiger partial charge in [-0.2, -0.15) is 0 Å². The Labute approximate surface area is 184 Å². The van der Waals surface area contributed by atoms with E-state index in [0.29, 0.717) is 6.42 Å². The molecule has 0 unspecified atom stereocenters. The van der Waals surface area contributed by atoms with Crippen molar-refractivity contribution in [2.24, 2.45) is 0 Å². The molecule has 4 nitrogen and oxygen atoms in total. The standard InChI is InChI=1S/C10H14BrNO.C10H12BrNO.ClH/c2*1-12-7-6-10(13)8-2-4-9(11)5-3-8;/h2-5,10,12-13H,6-7H2,1H3;2-5,12H,6-7H2,1H3;1H/t10-;;/m1../s1. The fourth-order valence-corrected chi connectivity index (χ4v) is 2.68. The van der Waals surface area contributed by atoms with Crippen LogP contribution in [0.2, 0.25) is 0 Å². The van der Waals surface area contributed by atoms with Crippen LogP contribution in [-0.2, 0) is 0 Å². The Kier molecular flexibility index (Phi) is 14.8.